The van der Waals surface area contributed by atoms with Gasteiger partial charge in [-0.1, -0.05) is 48.0 Å². The lowest BCUT2D eigenvalue weighted by Gasteiger charge is -2.32. The van der Waals surface area contributed by atoms with E-state index in [2.05, 4.69) is 52.7 Å². The summed E-state index contributed by atoms with van der Waals surface area (Å²) in [6.45, 7) is 2.39. The van der Waals surface area contributed by atoms with E-state index in [1.54, 1.807) is 6.08 Å². The van der Waals surface area contributed by atoms with Gasteiger partial charge >= 0.3 is 0 Å². The summed E-state index contributed by atoms with van der Waals surface area (Å²) in [5.74, 6) is -0.727. The Kier molecular flexibility index (Phi) is 7.09. The van der Waals surface area contributed by atoms with Gasteiger partial charge < -0.3 is 4.90 Å². The van der Waals surface area contributed by atoms with Crippen LogP contribution in [0.5, 0.6) is 0 Å². The van der Waals surface area contributed by atoms with Crippen molar-refractivity contribution < 1.29 is 9.59 Å². The molecule has 0 spiro atoms. The van der Waals surface area contributed by atoms with E-state index in [1.807, 2.05) is 12.1 Å². The van der Waals surface area contributed by atoms with Crippen molar-refractivity contribution in [3.8, 4) is 0 Å². The van der Waals surface area contributed by atoms with Gasteiger partial charge in [-0.05, 0) is 92.1 Å². The molecule has 2 heterocycles. The van der Waals surface area contributed by atoms with E-state index < -0.39 is 5.91 Å². The summed E-state index contributed by atoms with van der Waals surface area (Å²) in [5, 5.41) is 2.92. The molecule has 1 saturated heterocycles. The number of hydrogen-bond acceptors (Lipinski definition) is 4. The van der Waals surface area contributed by atoms with Crippen molar-refractivity contribution in [3.63, 3.8) is 0 Å². The van der Waals surface area contributed by atoms with E-state index in [0.29, 0.717) is 6.54 Å². The number of hydrogen-bond donors (Lipinski definition) is 1. The second kappa shape index (κ2) is 10.6. The van der Waals surface area contributed by atoms with Crippen LogP contribution in [0.4, 0.5) is 5.69 Å². The minimum absolute atomic E-state index is 0.146. The molecule has 0 radical (unpaired) electrons. The fraction of sp³-hybridized carbons (Fsp3) is 0.345. The van der Waals surface area contributed by atoms with Gasteiger partial charge in [-0.15, -0.1) is 0 Å². The Balaban J connectivity index is 1.34. The number of allylic oxidation sites excluding steroid dienone is 1. The molecule has 5 nitrogen and oxygen atoms in total. The third-order valence-corrected chi connectivity index (χ3v) is 7.40. The predicted octanol–water partition coefficient (Wildman–Crippen LogP) is 5.16. The Bertz CT molecular complexity index is 1200. The van der Waals surface area contributed by atoms with Crippen LogP contribution in [0.25, 0.3) is 6.08 Å². The Hall–Kier alpha value is -3.25. The lowest BCUT2D eigenvalue weighted by atomic mass is 9.96. The average Bonchev–Trinajstić information content (AvgIpc) is 2.88. The molecule has 1 aliphatic carbocycles. The van der Waals surface area contributed by atoms with Gasteiger partial charge in [0.25, 0.3) is 11.8 Å². The van der Waals surface area contributed by atoms with Gasteiger partial charge in [0.2, 0.25) is 0 Å². The number of nitrogens with zero attached hydrogens (tertiary/aromatic N) is 2. The SMILES string of the molecule is O=C1NC(=S)N(CCC2=CCCCC2)C(=O)C1=Cc1ccc2c(c1)CCCN2Cc1ccccc1. The Morgan fingerprint density at radius 3 is 2.66 bits per heavy atom. The number of thiocarbonyl (C=S) groups is 1. The molecule has 3 aliphatic rings. The van der Waals surface area contributed by atoms with Crippen molar-refractivity contribution in [2.24, 2.45) is 0 Å². The quantitative estimate of drug-likeness (QED) is 0.266. The van der Waals surface area contributed by atoms with Crippen molar-refractivity contribution in [2.75, 3.05) is 18.0 Å². The molecular weight excluding hydrogens is 454 g/mol. The maximum absolute atomic E-state index is 13.2. The number of amides is 2. The van der Waals surface area contributed by atoms with E-state index in [1.165, 1.54) is 40.1 Å². The Morgan fingerprint density at radius 2 is 1.86 bits per heavy atom. The summed E-state index contributed by atoms with van der Waals surface area (Å²) in [6, 6.07) is 16.7. The summed E-state index contributed by atoms with van der Waals surface area (Å²) in [7, 11) is 0. The zero-order valence-corrected chi connectivity index (χ0v) is 20.8. The van der Waals surface area contributed by atoms with E-state index in [-0.39, 0.29) is 16.6 Å². The standard InChI is InChI=1S/C29H31N3O2S/c33-27-25(28(34)32(29(35)30-27)17-15-21-8-3-1-4-9-21)19-23-13-14-26-24(18-23)12-7-16-31(26)20-22-10-5-2-6-11-22/h2,5-6,8,10-11,13-14,18-19H,1,3-4,7,9,12,15-17,20H2,(H,30,33,35). The fourth-order valence-electron chi connectivity index (χ4n) is 5.20. The number of fused-ring (bicyclic) bond motifs is 1. The minimum atomic E-state index is -0.420. The normalized spacial score (nSPS) is 19.5. The van der Waals surface area contributed by atoms with Gasteiger partial charge in [-0.25, -0.2) is 0 Å². The maximum atomic E-state index is 13.2. The smallest absolute Gasteiger partial charge is 0.265 e. The third kappa shape index (κ3) is 5.38. The molecule has 2 aromatic carbocycles. The Morgan fingerprint density at radius 1 is 1.00 bits per heavy atom. The van der Waals surface area contributed by atoms with Crippen LogP contribution in [-0.4, -0.2) is 34.9 Å². The van der Waals surface area contributed by atoms with Crippen LogP contribution in [0.1, 0.15) is 55.2 Å². The molecule has 180 valence electrons. The molecule has 1 fully saturated rings. The number of aryl methyl sites for hydroxylation is 1. The molecule has 5 rings (SSSR count). The molecule has 0 aromatic heterocycles. The van der Waals surface area contributed by atoms with Crippen molar-refractivity contribution in [3.05, 3.63) is 82.4 Å². The first kappa shape index (κ1) is 23.5. The van der Waals surface area contributed by atoms with Gasteiger partial charge in [0.15, 0.2) is 5.11 Å². The minimum Gasteiger partial charge on any atom is -0.367 e. The largest absolute Gasteiger partial charge is 0.367 e. The van der Waals surface area contributed by atoms with Crippen molar-refractivity contribution in [2.45, 2.75) is 51.5 Å². The van der Waals surface area contributed by atoms with Gasteiger partial charge in [0, 0.05) is 25.3 Å². The molecule has 0 atom stereocenters. The first-order valence-corrected chi connectivity index (χ1v) is 13.0. The summed E-state index contributed by atoms with van der Waals surface area (Å²) < 4.78 is 0. The highest BCUT2D eigenvalue weighted by molar-refractivity contribution is 7.80. The van der Waals surface area contributed by atoms with E-state index in [9.17, 15) is 9.59 Å². The van der Waals surface area contributed by atoms with Crippen molar-refractivity contribution in [1.29, 1.82) is 0 Å². The molecule has 6 heteroatoms. The van der Waals surface area contributed by atoms with Gasteiger partial charge in [0.1, 0.15) is 5.57 Å². The first-order valence-electron chi connectivity index (χ1n) is 12.6. The predicted molar refractivity (Wildman–Crippen MR) is 144 cm³/mol. The second-order valence-electron chi connectivity index (χ2n) is 9.53. The van der Waals surface area contributed by atoms with Crippen LogP contribution in [0, 0.1) is 0 Å². The number of carbonyl (C=O) groups is 2. The number of benzene rings is 2. The molecule has 1 N–H and O–H groups in total. The van der Waals surface area contributed by atoms with Gasteiger partial charge in [-0.3, -0.25) is 19.8 Å². The number of nitrogens with one attached hydrogen (secondary N) is 1. The Labute approximate surface area is 212 Å². The monoisotopic (exact) mass is 485 g/mol. The highest BCUT2D eigenvalue weighted by atomic mass is 32.1. The van der Waals surface area contributed by atoms with Crippen LogP contribution in [0.3, 0.4) is 0 Å². The van der Waals surface area contributed by atoms with Crippen LogP contribution >= 0.6 is 12.2 Å². The third-order valence-electron chi connectivity index (χ3n) is 7.07. The van der Waals surface area contributed by atoms with E-state index >= 15 is 0 Å². The zero-order valence-electron chi connectivity index (χ0n) is 20.0. The topological polar surface area (TPSA) is 52.7 Å². The van der Waals surface area contributed by atoms with Crippen molar-refractivity contribution >= 4 is 40.9 Å². The van der Waals surface area contributed by atoms with Crippen LogP contribution < -0.4 is 10.2 Å². The molecule has 0 saturated carbocycles. The average molecular weight is 486 g/mol. The highest BCUT2D eigenvalue weighted by Crippen LogP contribution is 2.30. The lowest BCUT2D eigenvalue weighted by Crippen LogP contribution is -2.54. The first-order chi connectivity index (χ1) is 17.1. The number of carbonyl (C=O) groups excluding carboxylic acids is 2. The van der Waals surface area contributed by atoms with E-state index in [0.717, 1.165) is 50.8 Å². The van der Waals surface area contributed by atoms with Crippen LogP contribution in [0.15, 0.2) is 65.8 Å². The van der Waals surface area contributed by atoms with Gasteiger partial charge in [-0.2, -0.15) is 0 Å². The van der Waals surface area contributed by atoms with Crippen LogP contribution in [-0.2, 0) is 22.6 Å². The summed E-state index contributed by atoms with van der Waals surface area (Å²) in [5.41, 5.74) is 6.16. The fourth-order valence-corrected chi connectivity index (χ4v) is 5.47. The summed E-state index contributed by atoms with van der Waals surface area (Å²) in [4.78, 5) is 29.9. The number of rotatable bonds is 6. The maximum Gasteiger partial charge on any atom is 0.265 e. The molecule has 35 heavy (non-hydrogen) atoms. The molecule has 2 aromatic rings. The molecule has 0 unspecified atom stereocenters. The molecule has 0 bridgehead atoms. The molecular formula is C29H31N3O2S. The summed E-state index contributed by atoms with van der Waals surface area (Å²) >= 11 is 5.33. The molecule has 2 amide bonds. The highest BCUT2D eigenvalue weighted by Gasteiger charge is 2.33. The summed E-state index contributed by atoms with van der Waals surface area (Å²) in [6.07, 6.45) is 11.5. The second-order valence-corrected chi connectivity index (χ2v) is 9.92. The number of anilines is 1. The van der Waals surface area contributed by atoms with Gasteiger partial charge in [0.05, 0.1) is 0 Å². The lowest BCUT2D eigenvalue weighted by molar-refractivity contribution is -0.128. The van der Waals surface area contributed by atoms with Crippen molar-refractivity contribution in [1.82, 2.24) is 10.2 Å². The molecule has 2 aliphatic heterocycles. The van der Waals surface area contributed by atoms with Crippen LogP contribution in [0.2, 0.25) is 0 Å². The zero-order chi connectivity index (χ0) is 24.2. The van der Waals surface area contributed by atoms with E-state index in [4.69, 9.17) is 12.2 Å².